The van der Waals surface area contributed by atoms with Crippen molar-refractivity contribution < 1.29 is 4.79 Å². The predicted molar refractivity (Wildman–Crippen MR) is 121 cm³/mol. The molecule has 1 aromatic rings. The van der Waals surface area contributed by atoms with Crippen LogP contribution in [0.25, 0.3) is 0 Å². The van der Waals surface area contributed by atoms with Crippen LogP contribution in [0.15, 0.2) is 49.2 Å². The number of piperazine rings is 1. The van der Waals surface area contributed by atoms with Gasteiger partial charge >= 0.3 is 0 Å². The largest absolute Gasteiger partial charge is 0.383 e. The van der Waals surface area contributed by atoms with Gasteiger partial charge in [0.05, 0.1) is 0 Å². The van der Waals surface area contributed by atoms with E-state index in [1.807, 2.05) is 17.0 Å². The van der Waals surface area contributed by atoms with Crippen molar-refractivity contribution >= 4 is 23.2 Å². The van der Waals surface area contributed by atoms with Gasteiger partial charge in [-0.2, -0.15) is 0 Å². The summed E-state index contributed by atoms with van der Waals surface area (Å²) in [7, 11) is 0. The highest BCUT2D eigenvalue weighted by Crippen LogP contribution is 2.20. The molecule has 0 bridgehead atoms. The number of benzene rings is 1. The summed E-state index contributed by atoms with van der Waals surface area (Å²) in [6, 6.07) is 8.42. The molecule has 2 aliphatic heterocycles. The van der Waals surface area contributed by atoms with Crippen LogP contribution in [0.3, 0.4) is 0 Å². The molecular weight excluding hydrogens is 384 g/mol. The van der Waals surface area contributed by atoms with Crippen LogP contribution in [0.1, 0.15) is 19.8 Å². The van der Waals surface area contributed by atoms with Gasteiger partial charge in [0.2, 0.25) is 5.91 Å². The van der Waals surface area contributed by atoms with Gasteiger partial charge in [-0.15, -0.1) is 0 Å². The number of hydrogen-bond donors (Lipinski definition) is 1. The van der Waals surface area contributed by atoms with Crippen LogP contribution in [0, 0.1) is 5.92 Å². The molecule has 1 unspecified atom stereocenters. The second kappa shape index (κ2) is 10.2. The van der Waals surface area contributed by atoms with E-state index < -0.39 is 0 Å². The Kier molecular flexibility index (Phi) is 7.62. The van der Waals surface area contributed by atoms with E-state index in [1.54, 1.807) is 6.08 Å². The van der Waals surface area contributed by atoms with Gasteiger partial charge in [-0.3, -0.25) is 9.69 Å². The first-order valence-corrected chi connectivity index (χ1v) is 10.9. The number of anilines is 1. The Labute approximate surface area is 180 Å². The van der Waals surface area contributed by atoms with Gasteiger partial charge in [-0.25, -0.2) is 0 Å². The number of allylic oxidation sites excluding steroid dienone is 1. The van der Waals surface area contributed by atoms with Gasteiger partial charge in [-0.1, -0.05) is 31.7 Å². The third-order valence-corrected chi connectivity index (χ3v) is 6.21. The second-order valence-electron chi connectivity index (χ2n) is 8.14. The Bertz CT molecular complexity index is 704. The lowest BCUT2D eigenvalue weighted by atomic mass is 10.0. The number of nitrogens with one attached hydrogen (secondary N) is 1. The number of likely N-dealkylation sites (tertiary alicyclic amines) is 1. The van der Waals surface area contributed by atoms with Crippen LogP contribution in [0.4, 0.5) is 5.69 Å². The maximum Gasteiger partial charge on any atom is 0.226 e. The lowest BCUT2D eigenvalue weighted by Gasteiger charge is -2.38. The molecule has 3 rings (SSSR count). The summed E-state index contributed by atoms with van der Waals surface area (Å²) in [5.41, 5.74) is 2.08. The highest BCUT2D eigenvalue weighted by atomic mass is 35.5. The number of rotatable bonds is 7. The molecule has 1 amide bonds. The molecule has 0 spiro atoms. The molecule has 0 radical (unpaired) electrons. The smallest absolute Gasteiger partial charge is 0.226 e. The van der Waals surface area contributed by atoms with Crippen LogP contribution in [0.5, 0.6) is 0 Å². The van der Waals surface area contributed by atoms with Crippen molar-refractivity contribution in [2.24, 2.45) is 5.92 Å². The highest BCUT2D eigenvalue weighted by Gasteiger charge is 2.28. The summed E-state index contributed by atoms with van der Waals surface area (Å²) in [4.78, 5) is 19.7. The highest BCUT2D eigenvalue weighted by molar-refractivity contribution is 6.30. The van der Waals surface area contributed by atoms with Gasteiger partial charge in [0, 0.05) is 74.2 Å². The quantitative estimate of drug-likeness (QED) is 0.691. The van der Waals surface area contributed by atoms with E-state index in [0.29, 0.717) is 6.04 Å². The van der Waals surface area contributed by atoms with Crippen LogP contribution in [0.2, 0.25) is 5.02 Å². The molecule has 1 N–H and O–H groups in total. The van der Waals surface area contributed by atoms with E-state index in [9.17, 15) is 4.79 Å². The van der Waals surface area contributed by atoms with Crippen LogP contribution < -0.4 is 10.2 Å². The molecule has 0 aliphatic carbocycles. The maximum atomic E-state index is 12.9. The van der Waals surface area contributed by atoms with Crippen LogP contribution in [-0.2, 0) is 4.79 Å². The number of amides is 1. The van der Waals surface area contributed by atoms with E-state index >= 15 is 0 Å². The zero-order valence-electron chi connectivity index (χ0n) is 17.4. The molecule has 2 fully saturated rings. The van der Waals surface area contributed by atoms with Crippen LogP contribution in [-0.4, -0.2) is 67.6 Å². The van der Waals surface area contributed by atoms with E-state index in [1.165, 1.54) is 5.69 Å². The average Bonchev–Trinajstić information content (AvgIpc) is 2.75. The summed E-state index contributed by atoms with van der Waals surface area (Å²) >= 11 is 5.99. The SMILES string of the molecule is C=CC(=C)NC1CCN(C(=O)C(C)CN2CCN(c3ccc(Cl)cc3)CC2)CC1. The molecule has 2 saturated heterocycles. The van der Waals surface area contributed by atoms with Gasteiger partial charge in [0.1, 0.15) is 0 Å². The Morgan fingerprint density at radius 3 is 2.38 bits per heavy atom. The topological polar surface area (TPSA) is 38.8 Å². The molecule has 5 nitrogen and oxygen atoms in total. The zero-order valence-corrected chi connectivity index (χ0v) is 18.2. The lowest BCUT2D eigenvalue weighted by molar-refractivity contribution is -0.136. The summed E-state index contributed by atoms with van der Waals surface area (Å²) < 4.78 is 0. The fourth-order valence-electron chi connectivity index (χ4n) is 4.18. The Morgan fingerprint density at radius 2 is 1.79 bits per heavy atom. The third kappa shape index (κ3) is 6.00. The number of carbonyl (C=O) groups is 1. The molecule has 1 atom stereocenters. The van der Waals surface area contributed by atoms with Crippen molar-refractivity contribution in [1.82, 2.24) is 15.1 Å². The molecule has 1 aromatic carbocycles. The minimum absolute atomic E-state index is 0.0322. The zero-order chi connectivity index (χ0) is 20.8. The molecular formula is C23H33ClN4O. The number of carbonyl (C=O) groups excluding carboxylic acids is 1. The van der Waals surface area contributed by atoms with Gasteiger partial charge < -0.3 is 15.1 Å². The second-order valence-corrected chi connectivity index (χ2v) is 8.57. The van der Waals surface area contributed by atoms with Crippen LogP contribution >= 0.6 is 11.6 Å². The maximum absolute atomic E-state index is 12.9. The first-order chi connectivity index (χ1) is 14.0. The third-order valence-electron chi connectivity index (χ3n) is 5.96. The molecule has 2 heterocycles. The summed E-state index contributed by atoms with van der Waals surface area (Å²) in [6.07, 6.45) is 3.67. The first-order valence-electron chi connectivity index (χ1n) is 10.6. The number of hydrogen-bond acceptors (Lipinski definition) is 4. The summed E-state index contributed by atoms with van der Waals surface area (Å²) in [5, 5.41) is 4.14. The lowest BCUT2D eigenvalue weighted by Crippen LogP contribution is -2.51. The van der Waals surface area contributed by atoms with Crippen molar-refractivity contribution in [2.75, 3.05) is 50.7 Å². The Balaban J connectivity index is 1.41. The average molecular weight is 417 g/mol. The Hall–Kier alpha value is -1.98. The van der Waals surface area contributed by atoms with E-state index in [4.69, 9.17) is 11.6 Å². The van der Waals surface area contributed by atoms with Gasteiger partial charge in [0.15, 0.2) is 0 Å². The van der Waals surface area contributed by atoms with E-state index in [0.717, 1.165) is 69.4 Å². The van der Waals surface area contributed by atoms with Crippen molar-refractivity contribution in [3.63, 3.8) is 0 Å². The molecule has 6 heteroatoms. The summed E-state index contributed by atoms with van der Waals surface area (Å²) in [6.45, 7) is 16.1. The Morgan fingerprint density at radius 1 is 1.17 bits per heavy atom. The summed E-state index contributed by atoms with van der Waals surface area (Å²) in [5.74, 6) is 0.316. The minimum atomic E-state index is 0.0322. The number of halogens is 1. The van der Waals surface area contributed by atoms with Crippen molar-refractivity contribution in [3.8, 4) is 0 Å². The standard InChI is InChI=1S/C23H33ClN4O/c1-4-19(3)25-21-9-11-28(12-10-21)23(29)18(2)17-26-13-15-27(16-14-26)22-7-5-20(24)6-8-22/h4-8,18,21,25H,1,3,9-17H2,2H3. The fourth-order valence-corrected chi connectivity index (χ4v) is 4.31. The molecule has 0 aromatic heterocycles. The van der Waals surface area contributed by atoms with Crippen molar-refractivity contribution in [3.05, 3.63) is 54.2 Å². The van der Waals surface area contributed by atoms with E-state index in [2.05, 4.69) is 47.3 Å². The van der Waals surface area contributed by atoms with Gasteiger partial charge in [-0.05, 0) is 43.2 Å². The first kappa shape index (κ1) is 21.7. The van der Waals surface area contributed by atoms with Crippen molar-refractivity contribution in [1.29, 1.82) is 0 Å². The molecule has 158 valence electrons. The van der Waals surface area contributed by atoms with Crippen molar-refractivity contribution in [2.45, 2.75) is 25.8 Å². The number of nitrogens with zero attached hydrogens (tertiary/aromatic N) is 3. The molecule has 29 heavy (non-hydrogen) atoms. The minimum Gasteiger partial charge on any atom is -0.383 e. The predicted octanol–water partition coefficient (Wildman–Crippen LogP) is 3.38. The normalized spacial score (nSPS) is 19.7. The monoisotopic (exact) mass is 416 g/mol. The number of piperidine rings is 1. The molecule has 2 aliphatic rings. The molecule has 0 saturated carbocycles. The van der Waals surface area contributed by atoms with E-state index in [-0.39, 0.29) is 11.8 Å². The van der Waals surface area contributed by atoms with Gasteiger partial charge in [0.25, 0.3) is 0 Å². The fraction of sp³-hybridized carbons (Fsp3) is 0.522.